The molecule has 0 aliphatic heterocycles. The standard InChI is InChI=1S/C4H9NO.CH2Cl2/c1-3(2)4(5)6;2-1-3/h3H,1-2H3,(H2,5,6);1H2. The van der Waals surface area contributed by atoms with Gasteiger partial charge in [-0.3, -0.25) is 4.79 Å². The Morgan fingerprint density at radius 2 is 1.67 bits per heavy atom. The summed E-state index contributed by atoms with van der Waals surface area (Å²) in [6.45, 7) is 3.53. The Bertz CT molecular complexity index is 75.4. The second-order valence-electron chi connectivity index (χ2n) is 1.66. The number of hydrogen-bond donors (Lipinski definition) is 1. The minimum Gasteiger partial charge on any atom is -0.369 e. The summed E-state index contributed by atoms with van der Waals surface area (Å²) in [5, 5.41) is 0.194. The maximum absolute atomic E-state index is 9.92. The fourth-order valence-corrected chi connectivity index (χ4v) is 0. The first-order valence-electron chi connectivity index (χ1n) is 2.47. The molecule has 0 radical (unpaired) electrons. The molecular formula is C5H11Cl2NO. The van der Waals surface area contributed by atoms with E-state index in [1.807, 2.05) is 0 Å². The third kappa shape index (κ3) is 18.0. The van der Waals surface area contributed by atoms with Gasteiger partial charge in [0, 0.05) is 5.92 Å². The average Bonchev–Trinajstić information content (AvgIpc) is 1.68. The maximum Gasteiger partial charge on any atom is 0.219 e. The van der Waals surface area contributed by atoms with Gasteiger partial charge in [0.1, 0.15) is 0 Å². The molecule has 0 unspecified atom stereocenters. The van der Waals surface area contributed by atoms with Crippen LogP contribution in [-0.2, 0) is 4.79 Å². The molecule has 9 heavy (non-hydrogen) atoms. The Morgan fingerprint density at radius 3 is 1.67 bits per heavy atom. The van der Waals surface area contributed by atoms with Crippen LogP contribution in [0, 0.1) is 5.92 Å². The first-order valence-corrected chi connectivity index (χ1v) is 3.54. The molecule has 0 rings (SSSR count). The van der Waals surface area contributed by atoms with Crippen LogP contribution in [-0.4, -0.2) is 11.2 Å². The lowest BCUT2D eigenvalue weighted by Crippen LogP contribution is -2.17. The van der Waals surface area contributed by atoms with Crippen LogP contribution in [0.1, 0.15) is 13.8 Å². The van der Waals surface area contributed by atoms with Gasteiger partial charge in [0.25, 0.3) is 0 Å². The maximum atomic E-state index is 9.92. The largest absolute Gasteiger partial charge is 0.369 e. The molecule has 0 bridgehead atoms. The molecule has 0 aromatic carbocycles. The minimum absolute atomic E-state index is 0.00926. The van der Waals surface area contributed by atoms with E-state index in [4.69, 9.17) is 28.9 Å². The van der Waals surface area contributed by atoms with Crippen molar-refractivity contribution in [3.05, 3.63) is 0 Å². The van der Waals surface area contributed by atoms with Crippen molar-refractivity contribution in [2.75, 3.05) is 5.34 Å². The molecule has 56 valence electrons. The van der Waals surface area contributed by atoms with Gasteiger partial charge in [0.2, 0.25) is 5.91 Å². The lowest BCUT2D eigenvalue weighted by atomic mass is 10.2. The number of halogens is 2. The topological polar surface area (TPSA) is 43.1 Å². The van der Waals surface area contributed by atoms with Gasteiger partial charge in [0.15, 0.2) is 0 Å². The van der Waals surface area contributed by atoms with Gasteiger partial charge >= 0.3 is 0 Å². The van der Waals surface area contributed by atoms with E-state index in [-0.39, 0.29) is 17.2 Å². The smallest absolute Gasteiger partial charge is 0.219 e. The van der Waals surface area contributed by atoms with Crippen LogP contribution in [0.3, 0.4) is 0 Å². The predicted octanol–water partition coefficient (Wildman–Crippen LogP) is 1.55. The number of carbonyl (C=O) groups is 1. The number of amides is 1. The fourth-order valence-electron chi connectivity index (χ4n) is 0. The van der Waals surface area contributed by atoms with Gasteiger partial charge in [0.05, 0.1) is 5.34 Å². The second-order valence-corrected chi connectivity index (χ2v) is 2.47. The molecule has 0 aliphatic carbocycles. The molecule has 4 heteroatoms. The van der Waals surface area contributed by atoms with Gasteiger partial charge < -0.3 is 5.73 Å². The summed E-state index contributed by atoms with van der Waals surface area (Å²) in [6.07, 6.45) is 0. The van der Waals surface area contributed by atoms with Crippen LogP contribution in [0.4, 0.5) is 0 Å². The van der Waals surface area contributed by atoms with Crippen LogP contribution in [0.5, 0.6) is 0 Å². The Morgan fingerprint density at radius 1 is 1.56 bits per heavy atom. The van der Waals surface area contributed by atoms with Crippen molar-refractivity contribution in [1.29, 1.82) is 0 Å². The Hall–Kier alpha value is 0.0500. The van der Waals surface area contributed by atoms with E-state index in [1.165, 1.54) is 0 Å². The van der Waals surface area contributed by atoms with Crippen molar-refractivity contribution >= 4 is 29.1 Å². The molecule has 0 saturated carbocycles. The Balaban J connectivity index is 0. The first-order chi connectivity index (χ1) is 4.06. The highest BCUT2D eigenvalue weighted by Crippen LogP contribution is 1.84. The molecule has 0 aromatic heterocycles. The van der Waals surface area contributed by atoms with Crippen LogP contribution >= 0.6 is 23.2 Å². The molecule has 2 nitrogen and oxygen atoms in total. The molecule has 0 aliphatic rings. The lowest BCUT2D eigenvalue weighted by Gasteiger charge is -1.90. The van der Waals surface area contributed by atoms with E-state index >= 15 is 0 Å². The normalized spacial score (nSPS) is 8.11. The third-order valence-corrected chi connectivity index (χ3v) is 0.569. The Kier molecular flexibility index (Phi) is 10.6. The number of carbonyl (C=O) groups excluding carboxylic acids is 1. The predicted molar refractivity (Wildman–Crippen MR) is 40.6 cm³/mol. The van der Waals surface area contributed by atoms with Crippen molar-refractivity contribution < 1.29 is 4.79 Å². The SMILES string of the molecule is CC(C)C(N)=O.ClCCl. The highest BCUT2D eigenvalue weighted by molar-refractivity contribution is 6.40. The molecule has 0 heterocycles. The number of hydrogen-bond acceptors (Lipinski definition) is 1. The van der Waals surface area contributed by atoms with Crippen molar-refractivity contribution in [2.24, 2.45) is 11.7 Å². The van der Waals surface area contributed by atoms with Gasteiger partial charge in [-0.25, -0.2) is 0 Å². The van der Waals surface area contributed by atoms with E-state index < -0.39 is 0 Å². The summed E-state index contributed by atoms with van der Waals surface area (Å²) in [7, 11) is 0. The summed E-state index contributed by atoms with van der Waals surface area (Å²) in [5.41, 5.74) is 4.80. The third-order valence-electron chi connectivity index (χ3n) is 0.569. The van der Waals surface area contributed by atoms with Gasteiger partial charge in [-0.15, -0.1) is 23.2 Å². The number of nitrogens with two attached hydrogens (primary N) is 1. The highest BCUT2D eigenvalue weighted by Gasteiger charge is 1.96. The molecule has 0 spiro atoms. The molecule has 0 fully saturated rings. The molecule has 1 amide bonds. The zero-order valence-electron chi connectivity index (χ0n) is 5.53. The summed E-state index contributed by atoms with van der Waals surface area (Å²) < 4.78 is 0. The minimum atomic E-state index is -0.241. The quantitative estimate of drug-likeness (QED) is 0.599. The molecule has 2 N–H and O–H groups in total. The van der Waals surface area contributed by atoms with E-state index in [2.05, 4.69) is 0 Å². The van der Waals surface area contributed by atoms with Crippen LogP contribution in [0.15, 0.2) is 0 Å². The fraction of sp³-hybridized carbons (Fsp3) is 0.800. The lowest BCUT2D eigenvalue weighted by molar-refractivity contribution is -0.120. The van der Waals surface area contributed by atoms with Gasteiger partial charge in [-0.2, -0.15) is 0 Å². The monoisotopic (exact) mass is 171 g/mol. The van der Waals surface area contributed by atoms with E-state index in [1.54, 1.807) is 13.8 Å². The number of rotatable bonds is 1. The Labute approximate surface area is 65.3 Å². The first kappa shape index (κ1) is 11.8. The summed E-state index contributed by atoms with van der Waals surface area (Å²) in [5.74, 6) is -0.250. The molecule has 0 saturated heterocycles. The second kappa shape index (κ2) is 8.05. The van der Waals surface area contributed by atoms with E-state index in [0.29, 0.717) is 0 Å². The zero-order valence-corrected chi connectivity index (χ0v) is 7.04. The van der Waals surface area contributed by atoms with Crippen molar-refractivity contribution in [3.63, 3.8) is 0 Å². The number of primary amides is 1. The van der Waals surface area contributed by atoms with E-state index in [0.717, 1.165) is 0 Å². The van der Waals surface area contributed by atoms with Gasteiger partial charge in [-0.1, -0.05) is 13.8 Å². The average molecular weight is 172 g/mol. The van der Waals surface area contributed by atoms with Gasteiger partial charge in [-0.05, 0) is 0 Å². The van der Waals surface area contributed by atoms with Crippen molar-refractivity contribution in [1.82, 2.24) is 0 Å². The van der Waals surface area contributed by atoms with Crippen molar-refractivity contribution in [3.8, 4) is 0 Å². The summed E-state index contributed by atoms with van der Waals surface area (Å²) in [4.78, 5) is 9.92. The van der Waals surface area contributed by atoms with Crippen molar-refractivity contribution in [2.45, 2.75) is 13.8 Å². The highest BCUT2D eigenvalue weighted by atomic mass is 35.5. The molecular weight excluding hydrogens is 161 g/mol. The van der Waals surface area contributed by atoms with Crippen LogP contribution < -0.4 is 5.73 Å². The van der Waals surface area contributed by atoms with Crippen LogP contribution in [0.25, 0.3) is 0 Å². The van der Waals surface area contributed by atoms with E-state index in [9.17, 15) is 4.79 Å². The molecule has 0 atom stereocenters. The van der Waals surface area contributed by atoms with Crippen LogP contribution in [0.2, 0.25) is 0 Å². The molecule has 0 aromatic rings. The summed E-state index contributed by atoms with van der Waals surface area (Å²) in [6, 6.07) is 0. The number of alkyl halides is 2. The zero-order chi connectivity index (χ0) is 7.86. The summed E-state index contributed by atoms with van der Waals surface area (Å²) >= 11 is 9.53.